The third-order valence-electron chi connectivity index (χ3n) is 2.97. The number of amides is 1. The number of anilines is 1. The van der Waals surface area contributed by atoms with Crippen molar-refractivity contribution in [2.24, 2.45) is 0 Å². The number of nitrogens with zero attached hydrogens (tertiary/aromatic N) is 1. The zero-order valence-electron chi connectivity index (χ0n) is 10.1. The van der Waals surface area contributed by atoms with Crippen LogP contribution in [0.15, 0.2) is 24.4 Å². The summed E-state index contributed by atoms with van der Waals surface area (Å²) in [5.74, 6) is 1.01. The smallest absolute Gasteiger partial charge is 0.418 e. The molecule has 1 amide bonds. The van der Waals surface area contributed by atoms with Crippen LogP contribution in [0.2, 0.25) is 0 Å². The number of carbonyl (C=O) groups excluding carboxylic acids is 1. The Kier molecular flexibility index (Phi) is 2.88. The van der Waals surface area contributed by atoms with E-state index in [4.69, 9.17) is 4.74 Å². The molecule has 0 radical (unpaired) electrons. The SMILES string of the molecule is CCOC(=O)N1C=CC=c2cc3c(cc21)=CSC3. The Balaban J connectivity index is 2.10. The van der Waals surface area contributed by atoms with Gasteiger partial charge in [-0.1, -0.05) is 6.08 Å². The lowest BCUT2D eigenvalue weighted by Gasteiger charge is -2.20. The maximum atomic E-state index is 11.9. The number of allylic oxidation sites excluding steroid dienone is 1. The predicted octanol–water partition coefficient (Wildman–Crippen LogP) is 1.94. The second-order valence-electron chi connectivity index (χ2n) is 4.12. The van der Waals surface area contributed by atoms with E-state index >= 15 is 0 Å². The molecule has 3 rings (SSSR count). The molecule has 0 saturated carbocycles. The van der Waals surface area contributed by atoms with Crippen molar-refractivity contribution in [2.45, 2.75) is 12.7 Å². The monoisotopic (exact) mass is 259 g/mol. The van der Waals surface area contributed by atoms with Crippen LogP contribution < -0.4 is 15.3 Å². The second kappa shape index (κ2) is 4.53. The lowest BCUT2D eigenvalue weighted by Crippen LogP contribution is -2.33. The van der Waals surface area contributed by atoms with Crippen molar-refractivity contribution in [3.63, 3.8) is 0 Å². The van der Waals surface area contributed by atoms with Crippen LogP contribution in [0.1, 0.15) is 12.5 Å². The molecule has 4 heteroatoms. The fourth-order valence-corrected chi connectivity index (χ4v) is 3.04. The highest BCUT2D eigenvalue weighted by atomic mass is 32.2. The van der Waals surface area contributed by atoms with Gasteiger partial charge in [0.25, 0.3) is 0 Å². The van der Waals surface area contributed by atoms with Crippen molar-refractivity contribution in [3.8, 4) is 0 Å². The molecule has 2 heterocycles. The lowest BCUT2D eigenvalue weighted by molar-refractivity contribution is 0.162. The molecule has 2 aliphatic rings. The summed E-state index contributed by atoms with van der Waals surface area (Å²) in [5.41, 5.74) is 2.22. The molecule has 18 heavy (non-hydrogen) atoms. The van der Waals surface area contributed by atoms with Gasteiger partial charge < -0.3 is 4.74 Å². The second-order valence-corrected chi connectivity index (χ2v) is 4.97. The Morgan fingerprint density at radius 2 is 2.33 bits per heavy atom. The number of benzene rings is 1. The van der Waals surface area contributed by atoms with E-state index < -0.39 is 0 Å². The summed E-state index contributed by atoms with van der Waals surface area (Å²) >= 11 is 1.79. The molecule has 0 spiro atoms. The molecular formula is C14H13NO2S. The Labute approximate surface area is 109 Å². The lowest BCUT2D eigenvalue weighted by atomic mass is 10.1. The van der Waals surface area contributed by atoms with Crippen LogP contribution in [0.5, 0.6) is 0 Å². The normalized spacial score (nSPS) is 15.5. The highest BCUT2D eigenvalue weighted by molar-refractivity contribution is 8.06. The first-order chi connectivity index (χ1) is 8.79. The first kappa shape index (κ1) is 11.4. The molecular weight excluding hydrogens is 246 g/mol. The molecule has 3 nitrogen and oxygen atoms in total. The highest BCUT2D eigenvalue weighted by Crippen LogP contribution is 2.19. The maximum absolute atomic E-state index is 11.9. The third-order valence-corrected chi connectivity index (χ3v) is 3.87. The fourth-order valence-electron chi connectivity index (χ4n) is 2.13. The van der Waals surface area contributed by atoms with Crippen molar-refractivity contribution in [1.29, 1.82) is 0 Å². The van der Waals surface area contributed by atoms with Crippen LogP contribution in [0.3, 0.4) is 0 Å². The minimum absolute atomic E-state index is 0.325. The van der Waals surface area contributed by atoms with Crippen LogP contribution in [0, 0.1) is 0 Å². The summed E-state index contributed by atoms with van der Waals surface area (Å²) in [7, 11) is 0. The quantitative estimate of drug-likeness (QED) is 0.772. The molecule has 0 aliphatic carbocycles. The molecule has 0 saturated heterocycles. The van der Waals surface area contributed by atoms with Gasteiger partial charge in [-0.2, -0.15) is 0 Å². The molecule has 0 fully saturated rings. The van der Waals surface area contributed by atoms with Crippen molar-refractivity contribution in [2.75, 3.05) is 11.5 Å². The average Bonchev–Trinajstić information content (AvgIpc) is 2.82. The van der Waals surface area contributed by atoms with E-state index in [1.165, 1.54) is 10.8 Å². The van der Waals surface area contributed by atoms with E-state index in [1.807, 2.05) is 19.1 Å². The van der Waals surface area contributed by atoms with Crippen LogP contribution >= 0.6 is 11.8 Å². The average molecular weight is 259 g/mol. The van der Waals surface area contributed by atoms with Gasteiger partial charge in [-0.3, -0.25) is 4.90 Å². The Morgan fingerprint density at radius 1 is 1.44 bits per heavy atom. The van der Waals surface area contributed by atoms with Crippen LogP contribution in [-0.2, 0) is 10.5 Å². The number of hydrogen-bond acceptors (Lipinski definition) is 3. The predicted molar refractivity (Wildman–Crippen MR) is 74.6 cm³/mol. The van der Waals surface area contributed by atoms with E-state index in [-0.39, 0.29) is 6.09 Å². The number of fused-ring (bicyclic) bond motifs is 2. The van der Waals surface area contributed by atoms with Gasteiger partial charge >= 0.3 is 6.09 Å². The van der Waals surface area contributed by atoms with Gasteiger partial charge in [0.2, 0.25) is 0 Å². The zero-order chi connectivity index (χ0) is 12.5. The van der Waals surface area contributed by atoms with Gasteiger partial charge in [0.05, 0.1) is 12.3 Å². The molecule has 0 aromatic heterocycles. The van der Waals surface area contributed by atoms with Gasteiger partial charge in [0.1, 0.15) is 0 Å². The van der Waals surface area contributed by atoms with Gasteiger partial charge in [-0.25, -0.2) is 4.79 Å². The maximum Gasteiger partial charge on any atom is 0.418 e. The Morgan fingerprint density at radius 3 is 3.17 bits per heavy atom. The first-order valence-electron chi connectivity index (χ1n) is 5.89. The summed E-state index contributed by atoms with van der Waals surface area (Å²) < 4.78 is 5.06. The van der Waals surface area contributed by atoms with Crippen molar-refractivity contribution in [3.05, 3.63) is 40.4 Å². The minimum Gasteiger partial charge on any atom is -0.449 e. The van der Waals surface area contributed by atoms with Gasteiger partial charge in [0.15, 0.2) is 0 Å². The summed E-state index contributed by atoms with van der Waals surface area (Å²) in [6, 6.07) is 4.21. The fraction of sp³-hybridized carbons (Fsp3) is 0.214. The first-order valence-corrected chi connectivity index (χ1v) is 6.93. The van der Waals surface area contributed by atoms with Crippen LogP contribution in [0.4, 0.5) is 10.5 Å². The topological polar surface area (TPSA) is 29.5 Å². The van der Waals surface area contributed by atoms with E-state index in [0.717, 1.165) is 16.7 Å². The molecule has 1 aromatic rings. The molecule has 0 atom stereocenters. The summed E-state index contributed by atoms with van der Waals surface area (Å²) in [6.45, 7) is 2.20. The van der Waals surface area contributed by atoms with Gasteiger partial charge in [-0.15, -0.1) is 11.8 Å². The number of hydrogen-bond donors (Lipinski definition) is 0. The van der Waals surface area contributed by atoms with Gasteiger partial charge in [-0.05, 0) is 46.5 Å². The molecule has 1 aromatic carbocycles. The summed E-state index contributed by atoms with van der Waals surface area (Å²) in [4.78, 5) is 13.4. The standard InChI is InChI=1S/C14H13NO2S/c1-2-17-14(16)15-5-3-4-10-6-11-8-18-9-12(11)7-13(10)15/h3-7,9H,2,8H2,1H3. The number of carbonyl (C=O) groups is 1. The summed E-state index contributed by atoms with van der Waals surface area (Å²) in [5, 5.41) is 4.41. The minimum atomic E-state index is -0.325. The number of thioether (sulfide) groups is 1. The molecule has 92 valence electrons. The largest absolute Gasteiger partial charge is 0.449 e. The van der Waals surface area contributed by atoms with E-state index in [0.29, 0.717) is 6.61 Å². The van der Waals surface area contributed by atoms with E-state index in [1.54, 1.807) is 22.9 Å². The Hall–Kier alpha value is -1.68. The molecule has 0 bridgehead atoms. The van der Waals surface area contributed by atoms with Crippen molar-refractivity contribution >= 4 is 35.0 Å². The van der Waals surface area contributed by atoms with E-state index in [2.05, 4.69) is 17.5 Å². The summed E-state index contributed by atoms with van der Waals surface area (Å²) in [6.07, 6.45) is 5.31. The Bertz CT molecular complexity index is 648. The molecule has 0 N–H and O–H groups in total. The van der Waals surface area contributed by atoms with Crippen LogP contribution in [0.25, 0.3) is 11.5 Å². The third kappa shape index (κ3) is 1.82. The van der Waals surface area contributed by atoms with Crippen molar-refractivity contribution < 1.29 is 9.53 Å². The number of ether oxygens (including phenoxy) is 1. The van der Waals surface area contributed by atoms with E-state index in [9.17, 15) is 4.79 Å². The van der Waals surface area contributed by atoms with Crippen molar-refractivity contribution in [1.82, 2.24) is 0 Å². The highest BCUT2D eigenvalue weighted by Gasteiger charge is 2.18. The molecule has 0 unspecified atom stereocenters. The number of rotatable bonds is 1. The van der Waals surface area contributed by atoms with Crippen LogP contribution in [-0.4, -0.2) is 12.7 Å². The van der Waals surface area contributed by atoms with Gasteiger partial charge in [0, 0.05) is 12.0 Å². The molecule has 2 aliphatic heterocycles. The zero-order valence-corrected chi connectivity index (χ0v) is 10.9.